The maximum absolute atomic E-state index is 13.8. The number of unbranched alkanes of at least 4 members (excludes halogenated alkanes) is 1. The summed E-state index contributed by atoms with van der Waals surface area (Å²) < 4.78 is 33.3. The number of allylic oxidation sites excluding steroid dienone is 1. The van der Waals surface area contributed by atoms with Gasteiger partial charge in [0.2, 0.25) is 0 Å². The van der Waals surface area contributed by atoms with Crippen LogP contribution in [0.3, 0.4) is 0 Å². The van der Waals surface area contributed by atoms with Crippen molar-refractivity contribution >= 4 is 62.5 Å². The molecular formula is C93H102O11S3. The Labute approximate surface area is 644 Å². The normalized spacial score (nSPS) is 17.0. The quantitative estimate of drug-likeness (QED) is 0.00834. The highest BCUT2D eigenvalue weighted by atomic mass is 32.2. The van der Waals surface area contributed by atoms with Gasteiger partial charge >= 0.3 is 29.8 Å². The third-order valence-electron chi connectivity index (χ3n) is 18.3. The predicted molar refractivity (Wildman–Crippen MR) is 434 cm³/mol. The van der Waals surface area contributed by atoms with Gasteiger partial charge in [0.1, 0.15) is 34.7 Å². The number of carbonyl (C=O) groups excluding carboxylic acids is 5. The minimum Gasteiger partial charge on any atom is -0.488 e. The third-order valence-corrected chi connectivity index (χ3v) is 25.0. The average molecular weight is 1490 g/mol. The molecule has 5 aliphatic rings. The molecule has 107 heavy (non-hydrogen) atoms. The zero-order chi connectivity index (χ0) is 73.4. The van der Waals surface area contributed by atoms with E-state index in [2.05, 4.69) is 160 Å². The maximum Gasteiger partial charge on any atom is 0.333 e. The Hall–Kier alpha value is -9.86. The van der Waals surface area contributed by atoms with Crippen LogP contribution in [0.5, 0.6) is 17.2 Å². The number of benzene rings is 9. The molecule has 11 nitrogen and oxygen atoms in total. The van der Waals surface area contributed by atoms with E-state index in [1.165, 1.54) is 65.4 Å². The second-order valence-corrected chi connectivity index (χ2v) is 32.9. The molecule has 0 aliphatic heterocycles. The van der Waals surface area contributed by atoms with Crippen molar-refractivity contribution in [1.82, 2.24) is 0 Å². The number of hydrogen-bond acceptors (Lipinski definition) is 11. The molecule has 0 saturated heterocycles. The van der Waals surface area contributed by atoms with Crippen molar-refractivity contribution < 1.29 is 52.4 Å². The van der Waals surface area contributed by atoms with E-state index in [0.717, 1.165) is 49.0 Å². The Morgan fingerprint density at radius 2 is 0.738 bits per heavy atom. The molecule has 0 amide bonds. The summed E-state index contributed by atoms with van der Waals surface area (Å²) in [4.78, 5) is 70.3. The molecule has 0 spiro atoms. The SMILES string of the molecule is C=C(C)C(=C)OC12CC3CC(C1)CC(C(=O)Oc1ccc([S+](c4ccccc4)c4ccccc4)cc1)(C3)C2.C=C(C)C(=O)OC1CCCC1.C=C(C)C(=O)OCCCCC(=O)Oc1ccc([S+](c2ccccc2)c2ccccc2)cc1.CC(=O)Oc1ccc([S+](c2ccccc2)c2ccccc2)cc1.[CH3-].[CH3-].[CH3-]. The first-order valence-electron chi connectivity index (χ1n) is 35.5. The van der Waals surface area contributed by atoms with Crippen molar-refractivity contribution in [2.75, 3.05) is 6.61 Å². The maximum atomic E-state index is 13.8. The Kier molecular flexibility index (Phi) is 32.6. The zero-order valence-electron chi connectivity index (χ0n) is 62.9. The molecule has 0 heterocycles. The molecule has 5 fully saturated rings. The van der Waals surface area contributed by atoms with Crippen molar-refractivity contribution in [3.8, 4) is 17.2 Å². The Morgan fingerprint density at radius 3 is 1.07 bits per heavy atom. The van der Waals surface area contributed by atoms with E-state index in [1.54, 1.807) is 13.8 Å². The molecule has 5 aliphatic carbocycles. The smallest absolute Gasteiger partial charge is 0.333 e. The molecule has 0 radical (unpaired) electrons. The van der Waals surface area contributed by atoms with Crippen LogP contribution in [0.25, 0.3) is 0 Å². The fourth-order valence-electron chi connectivity index (χ4n) is 13.9. The molecule has 9 aromatic rings. The van der Waals surface area contributed by atoms with Gasteiger partial charge in [-0.2, -0.15) is 0 Å². The van der Waals surface area contributed by atoms with Crippen LogP contribution < -0.4 is 14.2 Å². The van der Waals surface area contributed by atoms with Crippen molar-refractivity contribution in [2.45, 2.75) is 167 Å². The lowest BCUT2D eigenvalue weighted by atomic mass is 9.48. The summed E-state index contributed by atoms with van der Waals surface area (Å²) >= 11 is 0. The first kappa shape index (κ1) is 84.4. The topological polar surface area (TPSA) is 141 Å². The van der Waals surface area contributed by atoms with E-state index in [4.69, 9.17) is 28.4 Å². The summed E-state index contributed by atoms with van der Waals surface area (Å²) in [6, 6.07) is 86.4. The van der Waals surface area contributed by atoms with Gasteiger partial charge in [-0.05, 0) is 254 Å². The molecule has 558 valence electrons. The molecular weight excluding hydrogens is 1390 g/mol. The van der Waals surface area contributed by atoms with Crippen molar-refractivity contribution in [2.24, 2.45) is 17.3 Å². The van der Waals surface area contributed by atoms with Gasteiger partial charge in [0, 0.05) is 30.9 Å². The summed E-state index contributed by atoms with van der Waals surface area (Å²) in [5, 5.41) is 0. The first-order valence-corrected chi connectivity index (χ1v) is 39.2. The Bertz CT molecular complexity index is 4210. The van der Waals surface area contributed by atoms with Crippen LogP contribution in [0.1, 0.15) is 111 Å². The molecule has 5 saturated carbocycles. The lowest BCUT2D eigenvalue weighted by Gasteiger charge is -2.60. The van der Waals surface area contributed by atoms with Crippen LogP contribution in [0.2, 0.25) is 0 Å². The molecule has 14 heteroatoms. The molecule has 14 rings (SSSR count). The highest BCUT2D eigenvalue weighted by Crippen LogP contribution is 2.64. The lowest BCUT2D eigenvalue weighted by molar-refractivity contribution is -0.193. The molecule has 2 unspecified atom stereocenters. The van der Waals surface area contributed by atoms with Crippen LogP contribution in [0.4, 0.5) is 0 Å². The van der Waals surface area contributed by atoms with Gasteiger partial charge < -0.3 is 50.7 Å². The second-order valence-electron chi connectivity index (χ2n) is 26.9. The van der Waals surface area contributed by atoms with Crippen LogP contribution in [-0.2, 0) is 70.9 Å². The summed E-state index contributed by atoms with van der Waals surface area (Å²) in [7, 11) is -0.647. The molecule has 0 N–H and O–H groups in total. The standard InChI is InChI=1S/C34H35O3S.C27H27O4S.C20H17O2S.C9H14O2.3CH3/c1-24(2)25(3)37-34-21-26-18-27(22-34)20-33(19-26,23-34)32(35)36-28-14-16-31(17-15-28)38(29-10-6-4-7-11-29)30-12-8-5-9-13-30;1-21(2)27(29)30-20-10-9-15-26(28)31-22-16-18-25(19-17-22)32(23-11-5-3-6-12-23)24-13-7-4-8-14-24;1-16(21)22-17-12-14-20(15-13-17)23(18-8-4-2-5-9-18)19-10-6-3-7-11-19;1-7(2)9(10)11-8-5-3-4-6-8;;;/h4-17,26-27H,1,3,18-23H2,2H3;3-8,11-14,16-19H,1,9-10,15,20H2,2H3;2-15H,1H3;8H,1,3-6H2,2H3;3*1H3/q3*+1;;3*-1. The second kappa shape index (κ2) is 41.3. The first-order chi connectivity index (χ1) is 50.3. The lowest BCUT2D eigenvalue weighted by Crippen LogP contribution is -2.59. The number of hydrogen-bond donors (Lipinski definition) is 0. The van der Waals surface area contributed by atoms with E-state index >= 15 is 0 Å². The third kappa shape index (κ3) is 24.1. The summed E-state index contributed by atoms with van der Waals surface area (Å²) in [5.41, 5.74) is 0.925. The average Bonchev–Trinajstić information content (AvgIpc) is 0.957. The molecule has 0 aromatic heterocycles. The molecule has 9 aromatic carbocycles. The minimum atomic E-state index is -0.476. The largest absolute Gasteiger partial charge is 0.488 e. The number of esters is 5. The van der Waals surface area contributed by atoms with E-state index in [-0.39, 0.29) is 104 Å². The van der Waals surface area contributed by atoms with Gasteiger partial charge in [-0.1, -0.05) is 136 Å². The fraction of sp³-hybridized carbons (Fsp3) is 0.247. The van der Waals surface area contributed by atoms with Gasteiger partial charge in [-0.3, -0.25) is 14.4 Å². The van der Waals surface area contributed by atoms with Crippen LogP contribution in [0, 0.1) is 39.5 Å². The van der Waals surface area contributed by atoms with Gasteiger partial charge in [0.25, 0.3) is 0 Å². The van der Waals surface area contributed by atoms with Gasteiger partial charge in [0.05, 0.1) is 44.7 Å². The van der Waals surface area contributed by atoms with Crippen molar-refractivity contribution in [3.63, 3.8) is 0 Å². The van der Waals surface area contributed by atoms with E-state index in [0.29, 0.717) is 65.3 Å². The van der Waals surface area contributed by atoms with E-state index < -0.39 is 11.4 Å². The van der Waals surface area contributed by atoms with Crippen LogP contribution in [-0.4, -0.2) is 48.2 Å². The molecule has 4 bridgehead atoms. The summed E-state index contributed by atoms with van der Waals surface area (Å²) in [5.74, 6) is 2.03. The van der Waals surface area contributed by atoms with Gasteiger partial charge in [-0.25, -0.2) is 9.59 Å². The van der Waals surface area contributed by atoms with E-state index in [1.807, 2.05) is 128 Å². The Morgan fingerprint density at radius 1 is 0.402 bits per heavy atom. The number of rotatable bonds is 24. The predicted octanol–water partition coefficient (Wildman–Crippen LogP) is 22.2. The van der Waals surface area contributed by atoms with Gasteiger partial charge in [-0.15, -0.1) is 0 Å². The number of ether oxygens (including phenoxy) is 6. The summed E-state index contributed by atoms with van der Waals surface area (Å²) in [6.45, 7) is 22.0. The van der Waals surface area contributed by atoms with Crippen LogP contribution >= 0.6 is 0 Å². The van der Waals surface area contributed by atoms with E-state index in [9.17, 15) is 24.0 Å². The van der Waals surface area contributed by atoms with Crippen molar-refractivity contribution in [3.05, 3.63) is 326 Å². The molecule has 2 atom stereocenters. The number of carbonyl (C=O) groups is 5. The van der Waals surface area contributed by atoms with Crippen molar-refractivity contribution in [1.29, 1.82) is 0 Å². The fourth-order valence-corrected chi connectivity index (χ4v) is 20.1. The highest BCUT2D eigenvalue weighted by Gasteiger charge is 2.63. The minimum absolute atomic E-state index is 0. The summed E-state index contributed by atoms with van der Waals surface area (Å²) in [6.07, 6.45) is 11.8. The van der Waals surface area contributed by atoms with Crippen LogP contribution in [0.15, 0.2) is 348 Å². The highest BCUT2D eigenvalue weighted by molar-refractivity contribution is 7.97. The van der Waals surface area contributed by atoms with Gasteiger partial charge in [0.15, 0.2) is 44.1 Å². The monoisotopic (exact) mass is 1490 g/mol. The zero-order valence-corrected chi connectivity index (χ0v) is 65.4. The Balaban J connectivity index is 0.000000210.